The molecule has 1 aromatic carbocycles. The van der Waals surface area contributed by atoms with Gasteiger partial charge in [-0.25, -0.2) is 0 Å². The van der Waals surface area contributed by atoms with E-state index < -0.39 is 28.8 Å². The van der Waals surface area contributed by atoms with Gasteiger partial charge in [0.1, 0.15) is 16.8 Å². The van der Waals surface area contributed by atoms with Crippen LogP contribution in [0, 0.1) is 0 Å². The van der Waals surface area contributed by atoms with Crippen molar-refractivity contribution in [3.8, 4) is 5.75 Å². The molecule has 0 aliphatic carbocycles. The molecule has 21 heavy (non-hydrogen) atoms. The first-order chi connectivity index (χ1) is 9.74. The van der Waals surface area contributed by atoms with E-state index in [0.717, 1.165) is 0 Å². The standard InChI is InChI=1S/C14H19F2NO3S/c1-14(2,3)21(19)17-12(7-8-18)10-5-4-6-11(9-10)20-13(15)16/h4-6,8-9,12-13,17H,7H2,1-3H3. The lowest BCUT2D eigenvalue weighted by atomic mass is 10.1. The highest BCUT2D eigenvalue weighted by molar-refractivity contribution is 7.90. The Hall–Kier alpha value is -1.18. The van der Waals surface area contributed by atoms with Crippen molar-refractivity contribution in [3.05, 3.63) is 29.8 Å². The van der Waals surface area contributed by atoms with Crippen molar-refractivity contribution in [2.75, 3.05) is 0 Å². The van der Waals surface area contributed by atoms with Gasteiger partial charge < -0.3 is 14.1 Å². The number of hydrogen-bond donors (Lipinski definition) is 1. The molecule has 0 spiro atoms. The zero-order chi connectivity index (χ0) is 16.0. The van der Waals surface area contributed by atoms with Crippen molar-refractivity contribution >= 4 is 17.6 Å². The number of rotatable bonds is 7. The van der Waals surface area contributed by atoms with E-state index in [-0.39, 0.29) is 12.2 Å². The van der Waals surface area contributed by atoms with E-state index in [0.29, 0.717) is 11.8 Å². The van der Waals surface area contributed by atoms with Crippen LogP contribution in [0.2, 0.25) is 0 Å². The van der Waals surface area contributed by atoms with Gasteiger partial charge in [-0.3, -0.25) is 0 Å². The fourth-order valence-corrected chi connectivity index (χ4v) is 2.41. The molecule has 0 bridgehead atoms. The summed E-state index contributed by atoms with van der Waals surface area (Å²) in [4.78, 5) is 10.8. The van der Waals surface area contributed by atoms with Gasteiger partial charge in [0.25, 0.3) is 0 Å². The Balaban J connectivity index is 2.92. The molecular formula is C14H19F2NO3S. The fourth-order valence-electron chi connectivity index (χ4n) is 1.56. The Labute approximate surface area is 126 Å². The second kappa shape index (κ2) is 7.72. The van der Waals surface area contributed by atoms with Gasteiger partial charge in [-0.1, -0.05) is 12.1 Å². The number of carbonyl (C=O) groups excluding carboxylic acids is 1. The molecule has 0 saturated heterocycles. The minimum absolute atomic E-state index is 0.00161. The highest BCUT2D eigenvalue weighted by Crippen LogP contribution is 2.25. The quantitative estimate of drug-likeness (QED) is 0.620. The maximum atomic E-state index is 12.2. The van der Waals surface area contributed by atoms with Crippen LogP contribution in [0.15, 0.2) is 24.3 Å². The summed E-state index contributed by atoms with van der Waals surface area (Å²) in [6, 6.07) is 5.50. The topological polar surface area (TPSA) is 61.4 Å². The average Bonchev–Trinajstić information content (AvgIpc) is 2.36. The lowest BCUT2D eigenvalue weighted by Crippen LogP contribution is -2.41. The van der Waals surface area contributed by atoms with Crippen molar-refractivity contribution in [2.45, 2.75) is 44.6 Å². The molecule has 0 saturated carbocycles. The third kappa shape index (κ3) is 5.99. The molecule has 0 amide bonds. The van der Waals surface area contributed by atoms with Crippen LogP contribution in [0.5, 0.6) is 5.75 Å². The van der Waals surface area contributed by atoms with Gasteiger partial charge in [0, 0.05) is 17.8 Å². The van der Waals surface area contributed by atoms with E-state index in [1.165, 1.54) is 12.1 Å². The zero-order valence-electron chi connectivity index (χ0n) is 12.1. The summed E-state index contributed by atoms with van der Waals surface area (Å²) < 4.78 is 43.2. The Bertz CT molecular complexity index is 466. The highest BCUT2D eigenvalue weighted by Gasteiger charge is 2.29. The van der Waals surface area contributed by atoms with Gasteiger partial charge in [0.15, 0.2) is 0 Å². The molecule has 1 rings (SSSR count). The molecule has 2 atom stereocenters. The summed E-state index contributed by atoms with van der Waals surface area (Å²) in [6.07, 6.45) is 0.776. The first kappa shape index (κ1) is 17.9. The first-order valence-corrected chi connectivity index (χ1v) is 7.55. The van der Waals surface area contributed by atoms with Crippen LogP contribution in [-0.2, 0) is 16.2 Å². The molecule has 0 aliphatic rings. The van der Waals surface area contributed by atoms with E-state index in [4.69, 9.17) is 0 Å². The predicted molar refractivity (Wildman–Crippen MR) is 77.5 cm³/mol. The molecule has 118 valence electrons. The normalized spacial score (nSPS) is 14.8. The van der Waals surface area contributed by atoms with Gasteiger partial charge in [0.2, 0.25) is 0 Å². The lowest BCUT2D eigenvalue weighted by molar-refractivity contribution is -0.108. The fraction of sp³-hybridized carbons (Fsp3) is 0.500. The van der Waals surface area contributed by atoms with Crippen LogP contribution in [0.3, 0.4) is 0 Å². The maximum Gasteiger partial charge on any atom is 0.387 e. The number of hydrogen-bond acceptors (Lipinski definition) is 4. The Morgan fingerprint density at radius 3 is 2.62 bits per heavy atom. The molecule has 4 nitrogen and oxygen atoms in total. The highest BCUT2D eigenvalue weighted by atomic mass is 32.2. The summed E-state index contributed by atoms with van der Waals surface area (Å²) in [7, 11) is 0. The van der Waals surface area contributed by atoms with Crippen molar-refractivity contribution < 1.29 is 22.9 Å². The SMILES string of the molecule is CC(C)(C)[S+]([O-])NC(CC=O)c1cccc(OC(F)F)c1. The number of nitrogens with one attached hydrogen (secondary N) is 1. The molecule has 2 unspecified atom stereocenters. The molecule has 0 aliphatic heterocycles. The lowest BCUT2D eigenvalue weighted by Gasteiger charge is -2.27. The molecule has 1 N–H and O–H groups in total. The van der Waals surface area contributed by atoms with Crippen LogP contribution in [0.1, 0.15) is 38.8 Å². The van der Waals surface area contributed by atoms with Crippen molar-refractivity contribution in [1.82, 2.24) is 4.72 Å². The van der Waals surface area contributed by atoms with Crippen LogP contribution in [0.4, 0.5) is 8.78 Å². The van der Waals surface area contributed by atoms with Crippen LogP contribution in [-0.4, -0.2) is 22.2 Å². The molecule has 0 heterocycles. The third-order valence-electron chi connectivity index (χ3n) is 2.62. The number of aldehydes is 1. The molecule has 7 heteroatoms. The zero-order valence-corrected chi connectivity index (χ0v) is 13.0. The smallest absolute Gasteiger partial charge is 0.387 e. The second-order valence-corrected chi connectivity index (χ2v) is 7.40. The van der Waals surface area contributed by atoms with Crippen molar-refractivity contribution in [1.29, 1.82) is 0 Å². The van der Waals surface area contributed by atoms with E-state index >= 15 is 0 Å². The summed E-state index contributed by atoms with van der Waals surface area (Å²) in [5.74, 6) is 0.00161. The van der Waals surface area contributed by atoms with Gasteiger partial charge in [-0.05, 0) is 38.5 Å². The summed E-state index contributed by atoms with van der Waals surface area (Å²) in [6.45, 7) is 2.47. The van der Waals surface area contributed by atoms with E-state index in [2.05, 4.69) is 9.46 Å². The maximum absolute atomic E-state index is 12.2. The number of benzene rings is 1. The summed E-state index contributed by atoms with van der Waals surface area (Å²) in [5.41, 5.74) is 0.567. The van der Waals surface area contributed by atoms with Crippen LogP contribution >= 0.6 is 0 Å². The molecule has 1 aromatic rings. The average molecular weight is 319 g/mol. The summed E-state index contributed by atoms with van der Waals surface area (Å²) >= 11 is -1.38. The Kier molecular flexibility index (Phi) is 6.57. The number of alkyl halides is 2. The van der Waals surface area contributed by atoms with Crippen LogP contribution < -0.4 is 9.46 Å². The monoisotopic (exact) mass is 319 g/mol. The predicted octanol–water partition coefficient (Wildman–Crippen LogP) is 2.97. The number of halogens is 2. The van der Waals surface area contributed by atoms with Crippen molar-refractivity contribution in [2.24, 2.45) is 0 Å². The van der Waals surface area contributed by atoms with E-state index in [9.17, 15) is 18.1 Å². The second-order valence-electron chi connectivity index (χ2n) is 5.40. The first-order valence-electron chi connectivity index (χ1n) is 6.40. The number of ether oxygens (including phenoxy) is 1. The molecule has 0 aromatic heterocycles. The van der Waals surface area contributed by atoms with E-state index in [1.807, 2.05) is 0 Å². The van der Waals surface area contributed by atoms with Gasteiger partial charge in [0.05, 0.1) is 6.04 Å². The third-order valence-corrected chi connectivity index (χ3v) is 4.23. The molecule has 0 radical (unpaired) electrons. The van der Waals surface area contributed by atoms with Crippen molar-refractivity contribution in [3.63, 3.8) is 0 Å². The van der Waals surface area contributed by atoms with Crippen LogP contribution in [0.25, 0.3) is 0 Å². The van der Waals surface area contributed by atoms with Gasteiger partial charge in [-0.2, -0.15) is 8.78 Å². The Morgan fingerprint density at radius 2 is 2.10 bits per heavy atom. The largest absolute Gasteiger partial charge is 0.598 e. The molecular weight excluding hydrogens is 300 g/mol. The molecule has 0 fully saturated rings. The van der Waals surface area contributed by atoms with Gasteiger partial charge >= 0.3 is 6.61 Å². The van der Waals surface area contributed by atoms with Gasteiger partial charge in [-0.15, -0.1) is 4.72 Å². The number of carbonyl (C=O) groups is 1. The minimum atomic E-state index is -2.92. The Morgan fingerprint density at radius 1 is 1.43 bits per heavy atom. The van der Waals surface area contributed by atoms with E-state index in [1.54, 1.807) is 32.9 Å². The minimum Gasteiger partial charge on any atom is -0.598 e. The summed E-state index contributed by atoms with van der Waals surface area (Å²) in [5, 5.41) is 0.